The van der Waals surface area contributed by atoms with E-state index < -0.39 is 8.32 Å². The van der Waals surface area contributed by atoms with Gasteiger partial charge in [-0.3, -0.25) is 4.79 Å². The number of aryl methyl sites for hydroxylation is 1. The summed E-state index contributed by atoms with van der Waals surface area (Å²) in [5.41, 5.74) is 3.49. The number of hydrogen-bond donors (Lipinski definition) is 0. The first-order valence-electron chi connectivity index (χ1n) is 11.5. The Bertz CT molecular complexity index is 1270. The van der Waals surface area contributed by atoms with Gasteiger partial charge in [0.05, 0.1) is 28.7 Å². The molecule has 3 aromatic rings. The minimum atomic E-state index is -1.99. The molecule has 2 aromatic carbocycles. The van der Waals surface area contributed by atoms with Crippen molar-refractivity contribution in [2.75, 3.05) is 18.7 Å². The fourth-order valence-electron chi connectivity index (χ4n) is 3.53. The van der Waals surface area contributed by atoms with Crippen molar-refractivity contribution in [3.8, 4) is 17.2 Å². The van der Waals surface area contributed by atoms with Crippen molar-refractivity contribution in [2.45, 2.75) is 52.4 Å². The highest BCUT2D eigenvalue weighted by atomic mass is 35.5. The Morgan fingerprint density at radius 3 is 2.60 bits per heavy atom. The molecule has 9 heteroatoms. The van der Waals surface area contributed by atoms with Crippen LogP contribution in [-0.2, 0) is 11.0 Å². The third-order valence-electron chi connectivity index (χ3n) is 6.84. The number of aromatic nitrogens is 2. The minimum Gasteiger partial charge on any atom is -0.454 e. The maximum absolute atomic E-state index is 13.3. The number of amides is 1. The summed E-state index contributed by atoms with van der Waals surface area (Å²) in [5, 5.41) is 5.31. The number of anilines is 1. The van der Waals surface area contributed by atoms with E-state index >= 15 is 0 Å². The van der Waals surface area contributed by atoms with Crippen LogP contribution in [0.4, 0.5) is 5.69 Å². The van der Waals surface area contributed by atoms with Crippen LogP contribution in [-0.4, -0.2) is 37.8 Å². The zero-order valence-electron chi connectivity index (χ0n) is 21.3. The highest BCUT2D eigenvalue weighted by molar-refractivity contribution is 6.74. The number of carbonyl (C=O) groups excluding carboxylic acids is 1. The molecule has 0 unspecified atom stereocenters. The van der Waals surface area contributed by atoms with E-state index in [9.17, 15) is 4.79 Å². The molecule has 186 valence electrons. The predicted molar refractivity (Wildman–Crippen MR) is 141 cm³/mol. The van der Waals surface area contributed by atoms with Gasteiger partial charge in [-0.2, -0.15) is 5.10 Å². The van der Waals surface area contributed by atoms with Gasteiger partial charge in [0.15, 0.2) is 19.8 Å². The van der Waals surface area contributed by atoms with Crippen LogP contribution in [0.15, 0.2) is 42.5 Å². The summed E-state index contributed by atoms with van der Waals surface area (Å²) in [4.78, 5) is 14.9. The highest BCUT2D eigenvalue weighted by Crippen LogP contribution is 2.38. The van der Waals surface area contributed by atoms with Gasteiger partial charge < -0.3 is 18.8 Å². The number of halogens is 1. The van der Waals surface area contributed by atoms with Gasteiger partial charge in [-0.05, 0) is 55.4 Å². The average Bonchev–Trinajstić information content (AvgIpc) is 3.40. The molecule has 4 rings (SSSR count). The van der Waals surface area contributed by atoms with Crippen LogP contribution < -0.4 is 14.4 Å². The summed E-state index contributed by atoms with van der Waals surface area (Å²) in [5.74, 6) is 1.15. The largest absolute Gasteiger partial charge is 0.454 e. The quantitative estimate of drug-likeness (QED) is 0.359. The molecule has 35 heavy (non-hydrogen) atoms. The van der Waals surface area contributed by atoms with Gasteiger partial charge in [-0.1, -0.05) is 38.4 Å². The minimum absolute atomic E-state index is 0.0744. The van der Waals surface area contributed by atoms with Crippen molar-refractivity contribution in [2.24, 2.45) is 0 Å². The number of hydrogen-bond acceptors (Lipinski definition) is 5. The lowest BCUT2D eigenvalue weighted by atomic mass is 10.1. The zero-order valence-corrected chi connectivity index (χ0v) is 23.1. The third kappa shape index (κ3) is 4.96. The molecular formula is C26H32ClN3O4Si. The van der Waals surface area contributed by atoms with Gasteiger partial charge in [0.1, 0.15) is 0 Å². The second-order valence-electron chi connectivity index (χ2n) is 10.3. The number of ether oxygens (including phenoxy) is 2. The van der Waals surface area contributed by atoms with Crippen molar-refractivity contribution in [3.05, 3.63) is 64.4 Å². The summed E-state index contributed by atoms with van der Waals surface area (Å²) in [6.07, 6.45) is 0. The van der Waals surface area contributed by atoms with E-state index in [1.807, 2.05) is 31.2 Å². The molecule has 0 N–H and O–H groups in total. The molecule has 1 amide bonds. The molecule has 0 atom stereocenters. The number of benzene rings is 2. The average molecular weight is 514 g/mol. The molecule has 0 aliphatic carbocycles. The summed E-state index contributed by atoms with van der Waals surface area (Å²) in [7, 11) is -0.258. The van der Waals surface area contributed by atoms with Crippen molar-refractivity contribution >= 4 is 31.5 Å². The second kappa shape index (κ2) is 9.33. The topological polar surface area (TPSA) is 65.8 Å². The van der Waals surface area contributed by atoms with E-state index in [0.717, 1.165) is 17.1 Å². The molecule has 0 saturated carbocycles. The van der Waals surface area contributed by atoms with Crippen molar-refractivity contribution in [1.82, 2.24) is 9.78 Å². The van der Waals surface area contributed by atoms with Crippen LogP contribution in [0.2, 0.25) is 23.2 Å². The lowest BCUT2D eigenvalue weighted by Crippen LogP contribution is -2.40. The number of fused-ring (bicyclic) bond motifs is 1. The van der Waals surface area contributed by atoms with Crippen LogP contribution in [0.3, 0.4) is 0 Å². The first-order chi connectivity index (χ1) is 16.4. The van der Waals surface area contributed by atoms with Crippen LogP contribution in [0, 0.1) is 6.92 Å². The zero-order chi connectivity index (χ0) is 25.5. The van der Waals surface area contributed by atoms with Gasteiger partial charge in [-0.15, -0.1) is 0 Å². The van der Waals surface area contributed by atoms with Gasteiger partial charge in [0.25, 0.3) is 5.91 Å². The maximum Gasteiger partial charge on any atom is 0.258 e. The fourth-order valence-corrected chi connectivity index (χ4v) is 4.64. The van der Waals surface area contributed by atoms with E-state index in [1.54, 1.807) is 34.8 Å². The summed E-state index contributed by atoms with van der Waals surface area (Å²) < 4.78 is 19.0. The molecular weight excluding hydrogens is 482 g/mol. The fraction of sp³-hybridized carbons (Fsp3) is 0.385. The Labute approximate surface area is 212 Å². The molecule has 1 aliphatic rings. The molecule has 0 spiro atoms. The standard InChI is InChI=1S/C26H32ClN3O4Si/c1-17-24(27)21(15-34-35(6,7)26(2,3)4)30(28-17)20-10-8-9-18(13-20)25(31)29(5)19-11-12-22-23(14-19)33-16-32-22/h8-14H,15-16H2,1-7H3. The van der Waals surface area contributed by atoms with Crippen molar-refractivity contribution in [1.29, 1.82) is 0 Å². The van der Waals surface area contributed by atoms with E-state index in [2.05, 4.69) is 39.0 Å². The van der Waals surface area contributed by atoms with Gasteiger partial charge in [0.2, 0.25) is 6.79 Å². The van der Waals surface area contributed by atoms with E-state index in [4.69, 9.17) is 25.5 Å². The molecule has 1 aliphatic heterocycles. The molecule has 1 aromatic heterocycles. The molecule has 0 saturated heterocycles. The maximum atomic E-state index is 13.3. The summed E-state index contributed by atoms with van der Waals surface area (Å²) >= 11 is 6.64. The van der Waals surface area contributed by atoms with E-state index in [-0.39, 0.29) is 17.7 Å². The molecule has 0 bridgehead atoms. The second-order valence-corrected chi connectivity index (χ2v) is 15.4. The summed E-state index contributed by atoms with van der Waals surface area (Å²) in [6.45, 7) is 13.4. The monoisotopic (exact) mass is 513 g/mol. The van der Waals surface area contributed by atoms with Crippen LogP contribution in [0.1, 0.15) is 42.5 Å². The number of rotatable bonds is 6. The number of nitrogens with zero attached hydrogens (tertiary/aromatic N) is 3. The molecule has 2 heterocycles. The lowest BCUT2D eigenvalue weighted by Gasteiger charge is -2.36. The number of carbonyl (C=O) groups is 1. The lowest BCUT2D eigenvalue weighted by molar-refractivity contribution is 0.0993. The van der Waals surface area contributed by atoms with Crippen LogP contribution in [0.25, 0.3) is 5.69 Å². The highest BCUT2D eigenvalue weighted by Gasteiger charge is 2.37. The summed E-state index contributed by atoms with van der Waals surface area (Å²) in [6, 6.07) is 12.8. The SMILES string of the molecule is Cc1nn(-c2cccc(C(=O)N(C)c3ccc4c(c3)OCO4)c2)c(CO[Si](C)(C)C(C)(C)C)c1Cl. The smallest absolute Gasteiger partial charge is 0.258 e. The Hall–Kier alpha value is -2.81. The van der Waals surface area contributed by atoms with Gasteiger partial charge in [0, 0.05) is 24.4 Å². The van der Waals surface area contributed by atoms with Crippen molar-refractivity contribution in [3.63, 3.8) is 0 Å². The Balaban J connectivity index is 1.61. The van der Waals surface area contributed by atoms with Crippen molar-refractivity contribution < 1.29 is 18.7 Å². The first kappa shape index (κ1) is 25.3. The molecule has 0 fully saturated rings. The third-order valence-corrected chi connectivity index (χ3v) is 11.8. The van der Waals surface area contributed by atoms with Crippen LogP contribution in [0.5, 0.6) is 11.5 Å². The Morgan fingerprint density at radius 2 is 1.89 bits per heavy atom. The van der Waals surface area contributed by atoms with Gasteiger partial charge >= 0.3 is 0 Å². The predicted octanol–water partition coefficient (Wildman–Crippen LogP) is 6.36. The Kier molecular flexibility index (Phi) is 6.74. The Morgan fingerprint density at radius 1 is 1.17 bits per heavy atom. The van der Waals surface area contributed by atoms with Gasteiger partial charge in [-0.25, -0.2) is 4.68 Å². The molecule has 0 radical (unpaired) electrons. The first-order valence-corrected chi connectivity index (χ1v) is 14.8. The van der Waals surface area contributed by atoms with Crippen LogP contribution >= 0.6 is 11.6 Å². The normalized spacial score (nSPS) is 13.3. The van der Waals surface area contributed by atoms with E-state index in [0.29, 0.717) is 34.4 Å². The van der Waals surface area contributed by atoms with E-state index in [1.165, 1.54) is 0 Å². The molecule has 7 nitrogen and oxygen atoms in total.